The maximum Gasteiger partial charge on any atom is 0.232 e. The zero-order chi connectivity index (χ0) is 12.3. The van der Waals surface area contributed by atoms with Crippen molar-refractivity contribution < 1.29 is 0 Å². The molecule has 1 aromatic carbocycles. The van der Waals surface area contributed by atoms with Gasteiger partial charge in [-0.05, 0) is 24.3 Å². The Bertz CT molecular complexity index is 515. The quantitative estimate of drug-likeness (QED) is 0.838. The average molecular weight is 270 g/mol. The lowest BCUT2D eigenvalue weighted by molar-refractivity contribution is 0.979. The number of nitrogens with one attached hydrogen (secondary N) is 1. The van der Waals surface area contributed by atoms with Gasteiger partial charge in [-0.2, -0.15) is 15.0 Å². The Morgan fingerprint density at radius 1 is 1.12 bits per heavy atom. The van der Waals surface area contributed by atoms with Crippen molar-refractivity contribution in [3.05, 3.63) is 35.1 Å². The molecule has 0 spiro atoms. The van der Waals surface area contributed by atoms with Gasteiger partial charge in [0.25, 0.3) is 0 Å². The predicted octanol–water partition coefficient (Wildman–Crippen LogP) is 2.59. The smallest absolute Gasteiger partial charge is 0.232 e. The Balaban J connectivity index is 2.23. The summed E-state index contributed by atoms with van der Waals surface area (Å²) >= 11 is 11.4. The minimum Gasteiger partial charge on any atom is -0.368 e. The van der Waals surface area contributed by atoms with E-state index in [0.29, 0.717) is 16.8 Å². The molecule has 0 unspecified atom stereocenters. The van der Waals surface area contributed by atoms with Gasteiger partial charge in [0.1, 0.15) is 0 Å². The molecule has 0 fully saturated rings. The minimum atomic E-state index is 0.132. The average Bonchev–Trinajstić information content (AvgIpc) is 2.31. The normalized spacial score (nSPS) is 10.2. The second-order valence-electron chi connectivity index (χ2n) is 3.20. The van der Waals surface area contributed by atoms with E-state index in [-0.39, 0.29) is 11.8 Å². The van der Waals surface area contributed by atoms with Crippen LogP contribution in [0, 0.1) is 0 Å². The number of alkyl halides is 1. The van der Waals surface area contributed by atoms with Gasteiger partial charge in [-0.25, -0.2) is 0 Å². The Morgan fingerprint density at radius 2 is 1.82 bits per heavy atom. The summed E-state index contributed by atoms with van der Waals surface area (Å²) in [7, 11) is 0. The molecule has 7 heteroatoms. The molecule has 0 amide bonds. The number of nitrogen functional groups attached to an aromatic ring is 1. The maximum absolute atomic E-state index is 5.78. The number of hydrogen-bond donors (Lipinski definition) is 2. The SMILES string of the molecule is Nc1nc(CCl)nc(Nc2ccc(Cl)cc2)n1. The summed E-state index contributed by atoms with van der Waals surface area (Å²) in [4.78, 5) is 11.9. The number of hydrogen-bond acceptors (Lipinski definition) is 5. The van der Waals surface area contributed by atoms with Crippen LogP contribution in [-0.2, 0) is 5.88 Å². The largest absolute Gasteiger partial charge is 0.368 e. The van der Waals surface area contributed by atoms with Crippen LogP contribution in [0.15, 0.2) is 24.3 Å². The molecule has 0 radical (unpaired) electrons. The lowest BCUT2D eigenvalue weighted by atomic mass is 10.3. The molecular weight excluding hydrogens is 261 g/mol. The molecule has 0 atom stereocenters. The topological polar surface area (TPSA) is 76.7 Å². The Labute approximate surface area is 108 Å². The third-order valence-corrected chi connectivity index (χ3v) is 2.41. The molecule has 88 valence electrons. The van der Waals surface area contributed by atoms with E-state index >= 15 is 0 Å². The number of aromatic nitrogens is 3. The summed E-state index contributed by atoms with van der Waals surface area (Å²) < 4.78 is 0. The van der Waals surface area contributed by atoms with Crippen LogP contribution < -0.4 is 11.1 Å². The van der Waals surface area contributed by atoms with Crippen molar-refractivity contribution in [3.63, 3.8) is 0 Å². The van der Waals surface area contributed by atoms with Gasteiger partial charge in [0.2, 0.25) is 11.9 Å². The van der Waals surface area contributed by atoms with Crippen molar-refractivity contribution in [2.45, 2.75) is 5.88 Å². The van der Waals surface area contributed by atoms with Crippen molar-refractivity contribution >= 4 is 40.8 Å². The maximum atomic E-state index is 5.78. The molecule has 0 aliphatic rings. The van der Waals surface area contributed by atoms with Gasteiger partial charge in [-0.1, -0.05) is 11.6 Å². The van der Waals surface area contributed by atoms with Gasteiger partial charge in [0.15, 0.2) is 5.82 Å². The molecule has 17 heavy (non-hydrogen) atoms. The fourth-order valence-corrected chi connectivity index (χ4v) is 1.46. The highest BCUT2D eigenvalue weighted by Crippen LogP contribution is 2.17. The first-order valence-electron chi connectivity index (χ1n) is 4.76. The van der Waals surface area contributed by atoms with Crippen LogP contribution in [0.3, 0.4) is 0 Å². The first kappa shape index (κ1) is 11.9. The van der Waals surface area contributed by atoms with E-state index in [9.17, 15) is 0 Å². The van der Waals surface area contributed by atoms with E-state index in [0.717, 1.165) is 5.69 Å². The summed E-state index contributed by atoms with van der Waals surface area (Å²) in [6.07, 6.45) is 0. The fraction of sp³-hybridized carbons (Fsp3) is 0.100. The summed E-state index contributed by atoms with van der Waals surface area (Å²) in [5.74, 6) is 1.10. The molecule has 0 saturated carbocycles. The second-order valence-corrected chi connectivity index (χ2v) is 3.90. The van der Waals surface area contributed by atoms with Gasteiger partial charge in [0, 0.05) is 10.7 Å². The summed E-state index contributed by atoms with van der Waals surface area (Å²) in [6, 6.07) is 7.14. The van der Waals surface area contributed by atoms with E-state index in [1.807, 2.05) is 12.1 Å². The molecule has 5 nitrogen and oxygen atoms in total. The highest BCUT2D eigenvalue weighted by atomic mass is 35.5. The van der Waals surface area contributed by atoms with Crippen LogP contribution in [0.4, 0.5) is 17.6 Å². The zero-order valence-corrected chi connectivity index (χ0v) is 10.2. The molecular formula is C10H9Cl2N5. The monoisotopic (exact) mass is 269 g/mol. The Morgan fingerprint density at radius 3 is 2.47 bits per heavy atom. The van der Waals surface area contributed by atoms with Crippen molar-refractivity contribution in [2.75, 3.05) is 11.1 Å². The van der Waals surface area contributed by atoms with Crippen molar-refractivity contribution in [3.8, 4) is 0 Å². The highest BCUT2D eigenvalue weighted by molar-refractivity contribution is 6.30. The first-order valence-corrected chi connectivity index (χ1v) is 5.67. The summed E-state index contributed by atoms with van der Waals surface area (Å²) in [6.45, 7) is 0. The summed E-state index contributed by atoms with van der Waals surface area (Å²) in [5, 5.41) is 3.65. The molecule has 1 aromatic heterocycles. The molecule has 0 aliphatic heterocycles. The van der Waals surface area contributed by atoms with Crippen LogP contribution in [0.5, 0.6) is 0 Å². The predicted molar refractivity (Wildman–Crippen MR) is 68.5 cm³/mol. The van der Waals surface area contributed by atoms with Gasteiger partial charge in [0.05, 0.1) is 5.88 Å². The highest BCUT2D eigenvalue weighted by Gasteiger charge is 2.03. The number of nitrogens with zero attached hydrogens (tertiary/aromatic N) is 3. The Kier molecular flexibility index (Phi) is 3.61. The second kappa shape index (κ2) is 5.16. The first-order chi connectivity index (χ1) is 8.17. The number of halogens is 2. The molecule has 0 saturated heterocycles. The lowest BCUT2D eigenvalue weighted by Gasteiger charge is -2.06. The van der Waals surface area contributed by atoms with E-state index < -0.39 is 0 Å². The third kappa shape index (κ3) is 3.18. The molecule has 2 rings (SSSR count). The van der Waals surface area contributed by atoms with E-state index in [4.69, 9.17) is 28.9 Å². The third-order valence-electron chi connectivity index (χ3n) is 1.92. The van der Waals surface area contributed by atoms with Crippen molar-refractivity contribution in [2.24, 2.45) is 0 Å². The van der Waals surface area contributed by atoms with Gasteiger partial charge in [-0.3, -0.25) is 0 Å². The van der Waals surface area contributed by atoms with Gasteiger partial charge >= 0.3 is 0 Å². The van der Waals surface area contributed by atoms with Crippen LogP contribution in [0.25, 0.3) is 0 Å². The number of rotatable bonds is 3. The Hall–Kier alpha value is -1.59. The van der Waals surface area contributed by atoms with Crippen molar-refractivity contribution in [1.82, 2.24) is 15.0 Å². The zero-order valence-electron chi connectivity index (χ0n) is 8.69. The molecule has 0 aliphatic carbocycles. The fourth-order valence-electron chi connectivity index (χ4n) is 1.22. The molecule has 0 bridgehead atoms. The summed E-state index contributed by atoms with van der Waals surface area (Å²) in [5.41, 5.74) is 6.34. The molecule has 2 aromatic rings. The number of benzene rings is 1. The van der Waals surface area contributed by atoms with Crippen molar-refractivity contribution in [1.29, 1.82) is 0 Å². The van der Waals surface area contributed by atoms with E-state index in [1.165, 1.54) is 0 Å². The standard InChI is InChI=1S/C10H9Cl2N5/c11-5-8-15-9(13)17-10(16-8)14-7-3-1-6(12)2-4-7/h1-4H,5H2,(H3,13,14,15,16,17). The van der Waals surface area contributed by atoms with Crippen LogP contribution in [-0.4, -0.2) is 15.0 Å². The number of anilines is 3. The van der Waals surface area contributed by atoms with E-state index in [1.54, 1.807) is 12.1 Å². The van der Waals surface area contributed by atoms with Crippen LogP contribution in [0.2, 0.25) is 5.02 Å². The molecule has 1 heterocycles. The van der Waals surface area contributed by atoms with E-state index in [2.05, 4.69) is 20.3 Å². The van der Waals surface area contributed by atoms with Crippen LogP contribution >= 0.6 is 23.2 Å². The van der Waals surface area contributed by atoms with Crippen LogP contribution in [0.1, 0.15) is 5.82 Å². The molecule has 3 N–H and O–H groups in total. The van der Waals surface area contributed by atoms with Gasteiger partial charge < -0.3 is 11.1 Å². The minimum absolute atomic E-state index is 0.132. The number of nitrogens with two attached hydrogens (primary N) is 1. The lowest BCUT2D eigenvalue weighted by Crippen LogP contribution is -2.06. The van der Waals surface area contributed by atoms with Gasteiger partial charge in [-0.15, -0.1) is 11.6 Å².